The maximum atomic E-state index is 12.4. The van der Waals surface area contributed by atoms with Crippen molar-refractivity contribution in [1.82, 2.24) is 10.2 Å². The predicted octanol–water partition coefficient (Wildman–Crippen LogP) is 1.72. The highest BCUT2D eigenvalue weighted by Gasteiger charge is 2.23. The summed E-state index contributed by atoms with van der Waals surface area (Å²) in [5, 5.41) is 5.90. The molecule has 0 spiro atoms. The molecule has 0 radical (unpaired) electrons. The van der Waals surface area contributed by atoms with E-state index in [1.807, 2.05) is 11.9 Å². The van der Waals surface area contributed by atoms with Gasteiger partial charge in [-0.15, -0.1) is 0 Å². The Morgan fingerprint density at radius 1 is 1.19 bits per heavy atom. The van der Waals surface area contributed by atoms with Crippen LogP contribution in [0.3, 0.4) is 0 Å². The molecule has 1 aliphatic rings. The molecule has 114 valence electrons. The number of amides is 2. The number of hydrogen-bond acceptors (Lipinski definition) is 3. The van der Waals surface area contributed by atoms with Crippen LogP contribution in [-0.2, 0) is 4.79 Å². The maximum absolute atomic E-state index is 12.4. The second-order valence-corrected chi connectivity index (χ2v) is 5.55. The molecule has 2 N–H and O–H groups in total. The van der Waals surface area contributed by atoms with Crippen molar-refractivity contribution in [2.75, 3.05) is 32.0 Å². The molecule has 5 nitrogen and oxygen atoms in total. The highest BCUT2D eigenvalue weighted by Crippen LogP contribution is 2.19. The minimum atomic E-state index is -0.110. The molecule has 2 amide bonds. The third-order valence-corrected chi connectivity index (χ3v) is 3.85. The van der Waals surface area contributed by atoms with Crippen molar-refractivity contribution in [3.8, 4) is 0 Å². The number of likely N-dealkylation sites (tertiary alicyclic amines) is 1. The summed E-state index contributed by atoms with van der Waals surface area (Å²) >= 11 is 0. The lowest BCUT2D eigenvalue weighted by atomic mass is 9.96. The van der Waals surface area contributed by atoms with E-state index in [1.54, 1.807) is 24.3 Å². The number of rotatable bonds is 4. The van der Waals surface area contributed by atoms with Crippen LogP contribution in [-0.4, -0.2) is 43.4 Å². The van der Waals surface area contributed by atoms with Gasteiger partial charge < -0.3 is 15.5 Å². The van der Waals surface area contributed by atoms with Gasteiger partial charge in [0.25, 0.3) is 5.91 Å². The summed E-state index contributed by atoms with van der Waals surface area (Å²) in [5.74, 6) is 0.633. The standard InChI is InChI=1S/C16H23N3O2/c1-12(20)18-15-5-3-14(4-6-15)16(21)19-9-7-13(8-10-19)11-17-2/h3-6,13,17H,7-11H2,1-2H3,(H,18,20). The molecular weight excluding hydrogens is 266 g/mol. The Bertz CT molecular complexity index is 491. The van der Waals surface area contributed by atoms with Crippen molar-refractivity contribution in [2.45, 2.75) is 19.8 Å². The van der Waals surface area contributed by atoms with Gasteiger partial charge in [-0.25, -0.2) is 0 Å². The van der Waals surface area contributed by atoms with Crippen molar-refractivity contribution >= 4 is 17.5 Å². The maximum Gasteiger partial charge on any atom is 0.253 e. The van der Waals surface area contributed by atoms with Gasteiger partial charge in [-0.1, -0.05) is 0 Å². The van der Waals surface area contributed by atoms with Crippen LogP contribution in [0.15, 0.2) is 24.3 Å². The van der Waals surface area contributed by atoms with Gasteiger partial charge in [-0.05, 0) is 56.6 Å². The van der Waals surface area contributed by atoms with Crippen molar-refractivity contribution in [2.24, 2.45) is 5.92 Å². The third-order valence-electron chi connectivity index (χ3n) is 3.85. The number of hydrogen-bond donors (Lipinski definition) is 2. The Labute approximate surface area is 125 Å². The SMILES string of the molecule is CNCC1CCN(C(=O)c2ccc(NC(C)=O)cc2)CC1. The molecule has 1 aliphatic heterocycles. The van der Waals surface area contributed by atoms with Crippen LogP contribution in [0.2, 0.25) is 0 Å². The zero-order valence-electron chi connectivity index (χ0n) is 12.7. The molecule has 21 heavy (non-hydrogen) atoms. The van der Waals surface area contributed by atoms with Gasteiger partial charge in [0.05, 0.1) is 0 Å². The van der Waals surface area contributed by atoms with E-state index >= 15 is 0 Å². The fraction of sp³-hybridized carbons (Fsp3) is 0.500. The van der Waals surface area contributed by atoms with Crippen LogP contribution in [0.5, 0.6) is 0 Å². The predicted molar refractivity (Wildman–Crippen MR) is 83.3 cm³/mol. The van der Waals surface area contributed by atoms with Crippen LogP contribution >= 0.6 is 0 Å². The van der Waals surface area contributed by atoms with Gasteiger partial charge in [-0.3, -0.25) is 9.59 Å². The smallest absolute Gasteiger partial charge is 0.253 e. The average Bonchev–Trinajstić information content (AvgIpc) is 2.48. The summed E-state index contributed by atoms with van der Waals surface area (Å²) in [6.07, 6.45) is 2.10. The fourth-order valence-electron chi connectivity index (χ4n) is 2.71. The molecule has 0 aromatic heterocycles. The van der Waals surface area contributed by atoms with E-state index in [2.05, 4.69) is 10.6 Å². The minimum absolute atomic E-state index is 0.0762. The fourth-order valence-corrected chi connectivity index (χ4v) is 2.71. The first kappa shape index (κ1) is 15.5. The van der Waals surface area contributed by atoms with Gasteiger partial charge in [0.2, 0.25) is 5.91 Å². The molecule has 1 saturated heterocycles. The zero-order chi connectivity index (χ0) is 15.2. The number of carbonyl (C=O) groups excluding carboxylic acids is 2. The molecule has 1 fully saturated rings. The van der Waals surface area contributed by atoms with Crippen LogP contribution in [0.4, 0.5) is 5.69 Å². The van der Waals surface area contributed by atoms with Crippen molar-refractivity contribution in [3.05, 3.63) is 29.8 Å². The topological polar surface area (TPSA) is 61.4 Å². The Hall–Kier alpha value is -1.88. The summed E-state index contributed by atoms with van der Waals surface area (Å²) in [7, 11) is 1.97. The zero-order valence-corrected chi connectivity index (χ0v) is 12.7. The van der Waals surface area contributed by atoms with E-state index in [0.29, 0.717) is 17.2 Å². The Morgan fingerprint density at radius 2 is 1.81 bits per heavy atom. The molecule has 1 aromatic carbocycles. The summed E-state index contributed by atoms with van der Waals surface area (Å²) in [6, 6.07) is 7.07. The summed E-state index contributed by atoms with van der Waals surface area (Å²) in [5.41, 5.74) is 1.39. The molecule has 0 saturated carbocycles. The quantitative estimate of drug-likeness (QED) is 0.887. The molecule has 0 unspecified atom stereocenters. The number of nitrogens with zero attached hydrogens (tertiary/aromatic N) is 1. The molecule has 5 heteroatoms. The minimum Gasteiger partial charge on any atom is -0.339 e. The molecule has 0 aliphatic carbocycles. The molecule has 0 bridgehead atoms. The Morgan fingerprint density at radius 3 is 2.33 bits per heavy atom. The van der Waals surface area contributed by atoms with Crippen LogP contribution in [0.25, 0.3) is 0 Å². The third kappa shape index (κ3) is 4.29. The van der Waals surface area contributed by atoms with E-state index in [-0.39, 0.29) is 11.8 Å². The lowest BCUT2D eigenvalue weighted by molar-refractivity contribution is -0.114. The Balaban J connectivity index is 1.93. The monoisotopic (exact) mass is 289 g/mol. The molecule has 1 heterocycles. The largest absolute Gasteiger partial charge is 0.339 e. The number of piperidine rings is 1. The summed E-state index contributed by atoms with van der Waals surface area (Å²) in [6.45, 7) is 4.12. The second kappa shape index (κ2) is 7.22. The molecular formula is C16H23N3O2. The van der Waals surface area contributed by atoms with E-state index in [0.717, 1.165) is 32.5 Å². The highest BCUT2D eigenvalue weighted by atomic mass is 16.2. The second-order valence-electron chi connectivity index (χ2n) is 5.55. The van der Waals surface area contributed by atoms with Gasteiger partial charge in [0, 0.05) is 31.3 Å². The van der Waals surface area contributed by atoms with E-state index in [4.69, 9.17) is 0 Å². The molecule has 2 rings (SSSR count). The van der Waals surface area contributed by atoms with Crippen LogP contribution in [0.1, 0.15) is 30.1 Å². The molecule has 0 atom stereocenters. The van der Waals surface area contributed by atoms with Crippen LogP contribution < -0.4 is 10.6 Å². The summed E-state index contributed by atoms with van der Waals surface area (Å²) in [4.78, 5) is 25.3. The Kier molecular flexibility index (Phi) is 5.33. The van der Waals surface area contributed by atoms with Crippen molar-refractivity contribution in [1.29, 1.82) is 0 Å². The first-order valence-electron chi connectivity index (χ1n) is 7.41. The van der Waals surface area contributed by atoms with Gasteiger partial charge >= 0.3 is 0 Å². The van der Waals surface area contributed by atoms with E-state index < -0.39 is 0 Å². The normalized spacial score (nSPS) is 15.8. The molecule has 1 aromatic rings. The van der Waals surface area contributed by atoms with E-state index in [9.17, 15) is 9.59 Å². The van der Waals surface area contributed by atoms with Gasteiger partial charge in [-0.2, -0.15) is 0 Å². The van der Waals surface area contributed by atoms with E-state index in [1.165, 1.54) is 6.92 Å². The van der Waals surface area contributed by atoms with Crippen LogP contribution in [0, 0.1) is 5.92 Å². The lowest BCUT2D eigenvalue weighted by Crippen LogP contribution is -2.40. The average molecular weight is 289 g/mol. The van der Waals surface area contributed by atoms with Gasteiger partial charge in [0.1, 0.15) is 0 Å². The highest BCUT2D eigenvalue weighted by molar-refractivity contribution is 5.95. The number of nitrogens with one attached hydrogen (secondary N) is 2. The first-order valence-corrected chi connectivity index (χ1v) is 7.41. The van der Waals surface area contributed by atoms with Gasteiger partial charge in [0.15, 0.2) is 0 Å². The number of benzene rings is 1. The van der Waals surface area contributed by atoms with Crippen molar-refractivity contribution < 1.29 is 9.59 Å². The van der Waals surface area contributed by atoms with Crippen molar-refractivity contribution in [3.63, 3.8) is 0 Å². The number of anilines is 1. The first-order chi connectivity index (χ1) is 10.1. The lowest BCUT2D eigenvalue weighted by Gasteiger charge is -2.32. The number of carbonyl (C=O) groups is 2. The summed E-state index contributed by atoms with van der Waals surface area (Å²) < 4.78 is 0.